The van der Waals surface area contributed by atoms with Gasteiger partial charge >= 0.3 is 0 Å². The van der Waals surface area contributed by atoms with Crippen LogP contribution in [0.5, 0.6) is 5.75 Å². The Morgan fingerprint density at radius 1 is 1.26 bits per heavy atom. The lowest BCUT2D eigenvalue weighted by molar-refractivity contribution is 0.407. The molecule has 0 aliphatic carbocycles. The normalized spacial score (nSPS) is 10.3. The van der Waals surface area contributed by atoms with Gasteiger partial charge in [-0.1, -0.05) is 31.9 Å². The maximum atomic E-state index is 6.14. The standard InChI is InChI=1S/C13H12ClN5O.C3H8/c1-7-11(20-2)4-3-10-8(5-17-19(7)10)12-9(14)6-16-13(15)18-12;1-3-2/h3-6H,1-2H3,(H2,15,16,18);3H2,1-2H3. The van der Waals surface area contributed by atoms with Crippen LogP contribution in [-0.2, 0) is 0 Å². The van der Waals surface area contributed by atoms with Gasteiger partial charge in [0.15, 0.2) is 0 Å². The van der Waals surface area contributed by atoms with Gasteiger partial charge in [-0.3, -0.25) is 0 Å². The monoisotopic (exact) mass is 333 g/mol. The summed E-state index contributed by atoms with van der Waals surface area (Å²) < 4.78 is 7.06. The molecule has 6 nitrogen and oxygen atoms in total. The Bertz CT molecular complexity index is 816. The average molecular weight is 334 g/mol. The molecule has 0 saturated carbocycles. The molecule has 3 rings (SSSR count). The number of nitrogens with two attached hydrogens (primary N) is 1. The van der Waals surface area contributed by atoms with E-state index >= 15 is 0 Å². The highest BCUT2D eigenvalue weighted by Gasteiger charge is 2.15. The fourth-order valence-electron chi connectivity index (χ4n) is 2.13. The summed E-state index contributed by atoms with van der Waals surface area (Å²) in [6, 6.07) is 3.79. The van der Waals surface area contributed by atoms with Crippen molar-refractivity contribution in [2.75, 3.05) is 12.8 Å². The molecule has 0 aromatic carbocycles. The minimum atomic E-state index is 0.175. The third-order valence-electron chi connectivity index (χ3n) is 3.11. The summed E-state index contributed by atoms with van der Waals surface area (Å²) >= 11 is 6.14. The molecule has 3 aromatic rings. The van der Waals surface area contributed by atoms with Crippen LogP contribution in [0.1, 0.15) is 26.0 Å². The molecule has 0 spiro atoms. The predicted molar refractivity (Wildman–Crippen MR) is 92.9 cm³/mol. The lowest BCUT2D eigenvalue weighted by atomic mass is 10.2. The Hall–Kier alpha value is -2.34. The summed E-state index contributed by atoms with van der Waals surface area (Å²) in [6.45, 7) is 6.18. The van der Waals surface area contributed by atoms with Gasteiger partial charge in [0.2, 0.25) is 5.95 Å². The molecule has 0 bridgehead atoms. The molecular formula is C16H20ClN5O. The number of aryl methyl sites for hydroxylation is 1. The molecule has 0 aliphatic rings. The van der Waals surface area contributed by atoms with Crippen LogP contribution in [-0.4, -0.2) is 26.7 Å². The van der Waals surface area contributed by atoms with Gasteiger partial charge in [-0.15, -0.1) is 0 Å². The minimum absolute atomic E-state index is 0.175. The predicted octanol–water partition coefficient (Wildman–Crippen LogP) is 3.76. The van der Waals surface area contributed by atoms with E-state index in [0.717, 1.165) is 22.5 Å². The van der Waals surface area contributed by atoms with E-state index in [1.165, 1.54) is 12.6 Å². The number of methoxy groups -OCH3 is 1. The van der Waals surface area contributed by atoms with Gasteiger partial charge in [-0.2, -0.15) is 5.10 Å². The van der Waals surface area contributed by atoms with E-state index in [4.69, 9.17) is 22.1 Å². The number of fused-ring (bicyclic) bond motifs is 1. The Balaban J connectivity index is 0.000000595. The second kappa shape index (κ2) is 7.28. The van der Waals surface area contributed by atoms with Gasteiger partial charge in [-0.05, 0) is 19.1 Å². The first-order valence-electron chi connectivity index (χ1n) is 7.33. The third-order valence-corrected chi connectivity index (χ3v) is 3.39. The van der Waals surface area contributed by atoms with Crippen molar-refractivity contribution in [1.29, 1.82) is 0 Å². The van der Waals surface area contributed by atoms with E-state index in [1.54, 1.807) is 17.8 Å². The second-order valence-electron chi connectivity index (χ2n) is 4.97. The summed E-state index contributed by atoms with van der Waals surface area (Å²) in [4.78, 5) is 8.05. The number of ether oxygens (including phenoxy) is 1. The van der Waals surface area contributed by atoms with Crippen LogP contribution in [0.4, 0.5) is 5.95 Å². The van der Waals surface area contributed by atoms with Crippen LogP contribution in [0.3, 0.4) is 0 Å². The highest BCUT2D eigenvalue weighted by atomic mass is 35.5. The Morgan fingerprint density at radius 3 is 2.61 bits per heavy atom. The van der Waals surface area contributed by atoms with Crippen LogP contribution in [0.2, 0.25) is 5.02 Å². The lowest BCUT2D eigenvalue weighted by Crippen LogP contribution is -1.98. The second-order valence-corrected chi connectivity index (χ2v) is 5.38. The van der Waals surface area contributed by atoms with E-state index < -0.39 is 0 Å². The average Bonchev–Trinajstić information content (AvgIpc) is 2.95. The maximum absolute atomic E-state index is 6.14. The molecule has 0 aliphatic heterocycles. The largest absolute Gasteiger partial charge is 0.495 e. The van der Waals surface area contributed by atoms with Crippen molar-refractivity contribution < 1.29 is 4.74 Å². The SMILES string of the molecule is CCC.COc1ccc2c(-c3nc(N)ncc3Cl)cnn2c1C. The van der Waals surface area contributed by atoms with Gasteiger partial charge in [0, 0.05) is 5.56 Å². The third kappa shape index (κ3) is 3.37. The van der Waals surface area contributed by atoms with Crippen LogP contribution < -0.4 is 10.5 Å². The summed E-state index contributed by atoms with van der Waals surface area (Å²) in [5.74, 6) is 0.939. The van der Waals surface area contributed by atoms with Crippen molar-refractivity contribution in [3.05, 3.63) is 35.2 Å². The number of hydrogen-bond acceptors (Lipinski definition) is 5. The molecule has 3 heterocycles. The molecular weight excluding hydrogens is 314 g/mol. The molecule has 0 saturated heterocycles. The molecule has 2 N–H and O–H groups in total. The molecule has 0 radical (unpaired) electrons. The number of hydrogen-bond donors (Lipinski definition) is 1. The van der Waals surface area contributed by atoms with Crippen molar-refractivity contribution in [2.45, 2.75) is 27.2 Å². The van der Waals surface area contributed by atoms with E-state index in [0.29, 0.717) is 10.7 Å². The first-order chi connectivity index (χ1) is 11.0. The number of anilines is 1. The first-order valence-corrected chi connectivity index (χ1v) is 7.70. The van der Waals surface area contributed by atoms with E-state index in [1.807, 2.05) is 19.1 Å². The number of nitrogens with zero attached hydrogens (tertiary/aromatic N) is 4. The number of pyridine rings is 1. The molecule has 122 valence electrons. The molecule has 0 fully saturated rings. The smallest absolute Gasteiger partial charge is 0.220 e. The minimum Gasteiger partial charge on any atom is -0.495 e. The van der Waals surface area contributed by atoms with Crippen LogP contribution in [0.25, 0.3) is 16.8 Å². The van der Waals surface area contributed by atoms with Gasteiger partial charge in [0.25, 0.3) is 0 Å². The highest BCUT2D eigenvalue weighted by molar-refractivity contribution is 6.33. The van der Waals surface area contributed by atoms with Gasteiger partial charge in [-0.25, -0.2) is 14.5 Å². The zero-order valence-electron chi connectivity index (χ0n) is 13.7. The Morgan fingerprint density at radius 2 is 1.96 bits per heavy atom. The highest BCUT2D eigenvalue weighted by Crippen LogP contribution is 2.31. The summed E-state index contributed by atoms with van der Waals surface area (Å²) in [5, 5.41) is 4.78. The summed E-state index contributed by atoms with van der Waals surface area (Å²) in [5.41, 5.74) is 8.77. The number of nitrogen functional groups attached to an aromatic ring is 1. The van der Waals surface area contributed by atoms with E-state index in [9.17, 15) is 0 Å². The number of rotatable bonds is 2. The van der Waals surface area contributed by atoms with Crippen LogP contribution in [0.15, 0.2) is 24.5 Å². The van der Waals surface area contributed by atoms with Crippen molar-refractivity contribution in [3.63, 3.8) is 0 Å². The van der Waals surface area contributed by atoms with Crippen molar-refractivity contribution in [3.8, 4) is 17.0 Å². The summed E-state index contributed by atoms with van der Waals surface area (Å²) in [6.07, 6.45) is 4.44. The van der Waals surface area contributed by atoms with Gasteiger partial charge in [0.1, 0.15) is 5.75 Å². The van der Waals surface area contributed by atoms with Gasteiger partial charge < -0.3 is 10.5 Å². The topological polar surface area (TPSA) is 78.3 Å². The van der Waals surface area contributed by atoms with Crippen LogP contribution in [0, 0.1) is 6.92 Å². The number of aromatic nitrogens is 4. The quantitative estimate of drug-likeness (QED) is 0.772. The lowest BCUT2D eigenvalue weighted by Gasteiger charge is -2.07. The zero-order valence-corrected chi connectivity index (χ0v) is 14.4. The van der Waals surface area contributed by atoms with Crippen molar-refractivity contribution >= 4 is 23.1 Å². The first kappa shape index (κ1) is 17.0. The molecule has 0 atom stereocenters. The molecule has 0 unspecified atom stereocenters. The number of halogens is 1. The fraction of sp³-hybridized carbons (Fsp3) is 0.312. The fourth-order valence-corrected chi connectivity index (χ4v) is 2.33. The van der Waals surface area contributed by atoms with Crippen molar-refractivity contribution in [1.82, 2.24) is 19.6 Å². The Labute approximate surface area is 140 Å². The molecule has 7 heteroatoms. The summed E-state index contributed by atoms with van der Waals surface area (Å²) in [7, 11) is 1.63. The van der Waals surface area contributed by atoms with Crippen molar-refractivity contribution in [2.24, 2.45) is 0 Å². The molecule has 23 heavy (non-hydrogen) atoms. The van der Waals surface area contributed by atoms with Crippen LogP contribution >= 0.6 is 11.6 Å². The van der Waals surface area contributed by atoms with E-state index in [-0.39, 0.29) is 5.95 Å². The maximum Gasteiger partial charge on any atom is 0.220 e. The zero-order chi connectivity index (χ0) is 17.0. The van der Waals surface area contributed by atoms with Gasteiger partial charge in [0.05, 0.1) is 41.4 Å². The van der Waals surface area contributed by atoms with E-state index in [2.05, 4.69) is 28.9 Å². The molecule has 0 amide bonds. The molecule has 3 aromatic heterocycles. The Kier molecular flexibility index (Phi) is 5.39.